The highest BCUT2D eigenvalue weighted by Crippen LogP contribution is 2.35. The number of non-ortho nitro benzene ring substituents is 1. The number of carbonyl (C=O) groups is 2. The number of imide groups is 1. The molecule has 0 radical (unpaired) electrons. The van der Waals surface area contributed by atoms with Crippen molar-refractivity contribution in [3.8, 4) is 17.1 Å². The van der Waals surface area contributed by atoms with Gasteiger partial charge >= 0.3 is 0 Å². The minimum absolute atomic E-state index is 0.0499. The molecular weight excluding hydrogens is 536 g/mol. The highest BCUT2D eigenvalue weighted by Gasteiger charge is 2.35. The lowest BCUT2D eigenvalue weighted by molar-refractivity contribution is -0.384. The summed E-state index contributed by atoms with van der Waals surface area (Å²) >= 11 is 9.97. The van der Waals surface area contributed by atoms with Crippen LogP contribution in [0.1, 0.15) is 5.76 Å². The Morgan fingerprint density at radius 1 is 1.15 bits per heavy atom. The lowest BCUT2D eigenvalue weighted by Crippen LogP contribution is -2.32. The summed E-state index contributed by atoms with van der Waals surface area (Å²) in [7, 11) is 0. The molecule has 4 rings (SSSR count). The van der Waals surface area contributed by atoms with Gasteiger partial charge in [-0.05, 0) is 70.2 Å². The van der Waals surface area contributed by atoms with E-state index in [-0.39, 0.29) is 23.7 Å². The average Bonchev–Trinajstić information content (AvgIpc) is 3.34. The Bertz CT molecular complexity index is 1270. The summed E-state index contributed by atoms with van der Waals surface area (Å²) in [4.78, 5) is 36.7. The molecule has 1 fully saturated rings. The zero-order valence-corrected chi connectivity index (χ0v) is 19.9. The van der Waals surface area contributed by atoms with Gasteiger partial charge in [-0.25, -0.2) is 0 Å². The molecule has 0 unspecified atom stereocenters. The summed E-state index contributed by atoms with van der Waals surface area (Å²) < 4.78 is 11.8. The maximum absolute atomic E-state index is 12.7. The predicted octanol–water partition coefficient (Wildman–Crippen LogP) is 6.39. The maximum Gasteiger partial charge on any atom is 0.293 e. The van der Waals surface area contributed by atoms with Gasteiger partial charge in [-0.15, -0.1) is 0 Å². The molecule has 168 valence electrons. The molecule has 2 heterocycles. The van der Waals surface area contributed by atoms with E-state index in [1.165, 1.54) is 18.2 Å². The van der Waals surface area contributed by atoms with Crippen molar-refractivity contribution >= 4 is 62.2 Å². The van der Waals surface area contributed by atoms with Crippen molar-refractivity contribution in [3.05, 3.63) is 84.9 Å². The van der Waals surface area contributed by atoms with E-state index in [1.807, 2.05) is 0 Å². The SMILES string of the molecule is O=C1S/C(=C\c2ccc(-c3ccc([N+](=O)[O-])cc3Br)o2)C(=O)N1CCOc1ccc(Cl)cc1. The number of ether oxygens (including phenoxy) is 1. The topological polar surface area (TPSA) is 103 Å². The van der Waals surface area contributed by atoms with Crippen molar-refractivity contribution < 1.29 is 23.7 Å². The second-order valence-electron chi connectivity index (χ2n) is 6.76. The first-order valence-corrected chi connectivity index (χ1v) is 11.5. The molecule has 0 aliphatic carbocycles. The molecule has 8 nitrogen and oxygen atoms in total. The van der Waals surface area contributed by atoms with E-state index in [0.717, 1.165) is 16.7 Å². The third-order valence-corrected chi connectivity index (χ3v) is 6.42. The summed E-state index contributed by atoms with van der Waals surface area (Å²) in [5.74, 6) is 0.985. The Kier molecular flexibility index (Phi) is 6.87. The van der Waals surface area contributed by atoms with E-state index >= 15 is 0 Å². The van der Waals surface area contributed by atoms with Crippen molar-refractivity contribution in [1.82, 2.24) is 4.90 Å². The second kappa shape index (κ2) is 9.82. The third-order valence-electron chi connectivity index (χ3n) is 4.60. The third kappa shape index (κ3) is 5.29. The molecule has 0 bridgehead atoms. The van der Waals surface area contributed by atoms with Gasteiger partial charge in [0.05, 0.1) is 16.4 Å². The zero-order valence-electron chi connectivity index (χ0n) is 16.7. The summed E-state index contributed by atoms with van der Waals surface area (Å²) in [6.45, 7) is 0.246. The molecule has 2 aromatic carbocycles. The molecule has 3 aromatic rings. The van der Waals surface area contributed by atoms with Crippen LogP contribution in [0.4, 0.5) is 10.5 Å². The van der Waals surface area contributed by atoms with E-state index in [0.29, 0.717) is 32.3 Å². The highest BCUT2D eigenvalue weighted by molar-refractivity contribution is 9.10. The number of halogens is 2. The fourth-order valence-electron chi connectivity index (χ4n) is 3.00. The van der Waals surface area contributed by atoms with Crippen LogP contribution in [-0.2, 0) is 4.79 Å². The van der Waals surface area contributed by atoms with Crippen LogP contribution in [-0.4, -0.2) is 34.1 Å². The molecule has 1 aromatic heterocycles. The summed E-state index contributed by atoms with van der Waals surface area (Å²) in [6.07, 6.45) is 1.49. The first-order valence-electron chi connectivity index (χ1n) is 9.50. The zero-order chi connectivity index (χ0) is 23.5. The number of rotatable bonds is 7. The van der Waals surface area contributed by atoms with Crippen molar-refractivity contribution in [3.63, 3.8) is 0 Å². The molecule has 0 N–H and O–H groups in total. The second-order valence-corrected chi connectivity index (χ2v) is 9.04. The number of nitro groups is 1. The van der Waals surface area contributed by atoms with Crippen molar-refractivity contribution in [2.24, 2.45) is 0 Å². The van der Waals surface area contributed by atoms with Crippen LogP contribution in [0.25, 0.3) is 17.4 Å². The van der Waals surface area contributed by atoms with Gasteiger partial charge < -0.3 is 9.15 Å². The van der Waals surface area contributed by atoms with Crippen molar-refractivity contribution in [1.29, 1.82) is 0 Å². The van der Waals surface area contributed by atoms with Crippen LogP contribution < -0.4 is 4.74 Å². The Balaban J connectivity index is 1.43. The Hall–Kier alpha value is -3.08. The Morgan fingerprint density at radius 2 is 1.91 bits per heavy atom. The number of furan rings is 1. The molecule has 1 aliphatic rings. The predicted molar refractivity (Wildman–Crippen MR) is 128 cm³/mol. The van der Waals surface area contributed by atoms with Gasteiger partial charge in [0.15, 0.2) is 0 Å². The first-order chi connectivity index (χ1) is 15.8. The number of nitro benzene ring substituents is 1. The molecular formula is C22H14BrClN2O6S. The maximum atomic E-state index is 12.7. The fraction of sp³-hybridized carbons (Fsp3) is 0.0909. The van der Waals surface area contributed by atoms with Gasteiger partial charge in [-0.2, -0.15) is 0 Å². The van der Waals surface area contributed by atoms with Gasteiger partial charge in [0.25, 0.3) is 16.8 Å². The molecule has 2 amide bonds. The largest absolute Gasteiger partial charge is 0.492 e. The molecule has 0 saturated carbocycles. The number of amides is 2. The summed E-state index contributed by atoms with van der Waals surface area (Å²) in [5, 5.41) is 11.1. The average molecular weight is 550 g/mol. The quantitative estimate of drug-likeness (QED) is 0.191. The lowest BCUT2D eigenvalue weighted by atomic mass is 10.1. The van der Waals surface area contributed by atoms with Gasteiger partial charge in [0.2, 0.25) is 0 Å². The molecule has 0 spiro atoms. The van der Waals surface area contributed by atoms with Crippen LogP contribution >= 0.6 is 39.3 Å². The van der Waals surface area contributed by atoms with Gasteiger partial charge in [0.1, 0.15) is 23.9 Å². The number of benzene rings is 2. The normalized spacial score (nSPS) is 14.8. The standard InChI is InChI=1S/C22H14BrClN2O6S/c23-18-11-14(26(29)30)3-7-17(18)19-8-6-16(32-19)12-20-21(27)25(22(28)33-20)9-10-31-15-4-1-13(24)2-5-15/h1-8,11-12H,9-10H2/b20-12-. The van der Waals surface area contributed by atoms with Crippen molar-refractivity contribution in [2.45, 2.75) is 0 Å². The number of hydrogen-bond donors (Lipinski definition) is 0. The minimum Gasteiger partial charge on any atom is -0.492 e. The smallest absolute Gasteiger partial charge is 0.293 e. The first kappa shape index (κ1) is 23.1. The molecule has 33 heavy (non-hydrogen) atoms. The van der Waals surface area contributed by atoms with Gasteiger partial charge in [-0.3, -0.25) is 24.6 Å². The number of nitrogens with zero attached hydrogens (tertiary/aromatic N) is 2. The summed E-state index contributed by atoms with van der Waals surface area (Å²) in [6, 6.07) is 14.4. The van der Waals surface area contributed by atoms with Gasteiger partial charge in [0, 0.05) is 33.3 Å². The highest BCUT2D eigenvalue weighted by atomic mass is 79.9. The number of thioether (sulfide) groups is 1. The van der Waals surface area contributed by atoms with E-state index in [4.69, 9.17) is 20.8 Å². The van der Waals surface area contributed by atoms with Crippen LogP contribution in [0.3, 0.4) is 0 Å². The Morgan fingerprint density at radius 3 is 2.61 bits per heavy atom. The van der Waals surface area contributed by atoms with Crippen LogP contribution in [0.5, 0.6) is 5.75 Å². The van der Waals surface area contributed by atoms with Crippen LogP contribution in [0, 0.1) is 10.1 Å². The Labute approximate surface area is 205 Å². The monoisotopic (exact) mass is 548 g/mol. The van der Waals surface area contributed by atoms with E-state index in [1.54, 1.807) is 42.5 Å². The number of carbonyl (C=O) groups excluding carboxylic acids is 2. The molecule has 0 atom stereocenters. The molecule has 11 heteroatoms. The summed E-state index contributed by atoms with van der Waals surface area (Å²) in [5.41, 5.74) is 0.568. The van der Waals surface area contributed by atoms with Crippen molar-refractivity contribution in [2.75, 3.05) is 13.2 Å². The number of hydrogen-bond acceptors (Lipinski definition) is 7. The molecule has 1 saturated heterocycles. The van der Waals surface area contributed by atoms with Crippen LogP contribution in [0.2, 0.25) is 5.02 Å². The van der Waals surface area contributed by atoms with E-state index in [2.05, 4.69) is 15.9 Å². The van der Waals surface area contributed by atoms with E-state index in [9.17, 15) is 19.7 Å². The van der Waals surface area contributed by atoms with Crippen LogP contribution in [0.15, 0.2) is 68.4 Å². The minimum atomic E-state index is -0.487. The lowest BCUT2D eigenvalue weighted by Gasteiger charge is -2.13. The fourth-order valence-corrected chi connectivity index (χ4v) is 4.53. The van der Waals surface area contributed by atoms with Gasteiger partial charge in [-0.1, -0.05) is 11.6 Å². The van der Waals surface area contributed by atoms with E-state index < -0.39 is 16.1 Å². The molecule has 1 aliphatic heterocycles.